The zero-order chi connectivity index (χ0) is 12.1. The number of methoxy groups -OCH3 is 2. The van der Waals surface area contributed by atoms with Gasteiger partial charge >= 0.3 is 5.97 Å². The molecule has 0 aliphatic heterocycles. The molecule has 0 saturated carbocycles. The molecule has 0 unspecified atom stereocenters. The summed E-state index contributed by atoms with van der Waals surface area (Å²) in [5.74, 6) is 0.490. The van der Waals surface area contributed by atoms with Gasteiger partial charge in [0.1, 0.15) is 11.5 Å². The van der Waals surface area contributed by atoms with Crippen LogP contribution in [0.15, 0.2) is 12.1 Å². The molecule has 1 rings (SSSR count). The number of hydrogen-bond acceptors (Lipinski definition) is 3. The van der Waals surface area contributed by atoms with E-state index in [1.54, 1.807) is 26.4 Å². The first kappa shape index (κ1) is 12.4. The molecule has 4 nitrogen and oxygen atoms in total. The highest BCUT2D eigenvalue weighted by Crippen LogP contribution is 2.31. The van der Waals surface area contributed by atoms with Crippen molar-refractivity contribution in [2.75, 3.05) is 14.2 Å². The molecule has 88 valence electrons. The van der Waals surface area contributed by atoms with E-state index in [1.807, 2.05) is 6.92 Å². The SMILES string of the molecule is CCc1c(OC)cc(CC(=O)O)cc1OC. The molecule has 0 bridgehead atoms. The van der Waals surface area contributed by atoms with Gasteiger partial charge in [0.25, 0.3) is 0 Å². The Morgan fingerprint density at radius 3 is 2.06 bits per heavy atom. The largest absolute Gasteiger partial charge is 0.496 e. The third kappa shape index (κ3) is 2.66. The first-order valence-corrected chi connectivity index (χ1v) is 5.07. The molecule has 0 aliphatic carbocycles. The molecule has 1 aromatic rings. The van der Waals surface area contributed by atoms with E-state index in [0.29, 0.717) is 17.1 Å². The van der Waals surface area contributed by atoms with Crippen molar-refractivity contribution in [3.8, 4) is 11.5 Å². The fraction of sp³-hybridized carbons (Fsp3) is 0.417. The normalized spacial score (nSPS) is 9.94. The van der Waals surface area contributed by atoms with Crippen LogP contribution in [-0.2, 0) is 17.6 Å². The van der Waals surface area contributed by atoms with Gasteiger partial charge in [0, 0.05) is 5.56 Å². The summed E-state index contributed by atoms with van der Waals surface area (Å²) in [4.78, 5) is 10.6. The average molecular weight is 224 g/mol. The Hall–Kier alpha value is -1.71. The van der Waals surface area contributed by atoms with Gasteiger partial charge in [-0.15, -0.1) is 0 Å². The van der Waals surface area contributed by atoms with Gasteiger partial charge in [-0.3, -0.25) is 4.79 Å². The molecule has 0 radical (unpaired) electrons. The molecule has 0 amide bonds. The van der Waals surface area contributed by atoms with Crippen molar-refractivity contribution in [3.05, 3.63) is 23.3 Å². The number of rotatable bonds is 5. The lowest BCUT2D eigenvalue weighted by Crippen LogP contribution is -2.03. The van der Waals surface area contributed by atoms with Crippen molar-refractivity contribution in [2.24, 2.45) is 0 Å². The maximum absolute atomic E-state index is 10.6. The van der Waals surface area contributed by atoms with E-state index in [-0.39, 0.29) is 6.42 Å². The first-order valence-electron chi connectivity index (χ1n) is 5.07. The van der Waals surface area contributed by atoms with Crippen molar-refractivity contribution in [2.45, 2.75) is 19.8 Å². The quantitative estimate of drug-likeness (QED) is 0.829. The summed E-state index contributed by atoms with van der Waals surface area (Å²) in [5, 5.41) is 8.74. The maximum atomic E-state index is 10.6. The topological polar surface area (TPSA) is 55.8 Å². The van der Waals surface area contributed by atoms with Gasteiger partial charge in [0.2, 0.25) is 0 Å². The lowest BCUT2D eigenvalue weighted by atomic mass is 10.0. The van der Waals surface area contributed by atoms with E-state index in [1.165, 1.54) is 0 Å². The second-order valence-electron chi connectivity index (χ2n) is 3.40. The van der Waals surface area contributed by atoms with E-state index < -0.39 is 5.97 Å². The van der Waals surface area contributed by atoms with Crippen LogP contribution in [0.25, 0.3) is 0 Å². The maximum Gasteiger partial charge on any atom is 0.307 e. The van der Waals surface area contributed by atoms with Crippen LogP contribution >= 0.6 is 0 Å². The van der Waals surface area contributed by atoms with E-state index in [4.69, 9.17) is 14.6 Å². The van der Waals surface area contributed by atoms with E-state index >= 15 is 0 Å². The van der Waals surface area contributed by atoms with Crippen LogP contribution in [0.1, 0.15) is 18.1 Å². The summed E-state index contributed by atoms with van der Waals surface area (Å²) < 4.78 is 10.5. The number of carbonyl (C=O) groups is 1. The molecule has 0 spiro atoms. The van der Waals surface area contributed by atoms with Gasteiger partial charge in [-0.25, -0.2) is 0 Å². The third-order valence-corrected chi connectivity index (χ3v) is 2.38. The number of carboxylic acid groups (broad SMARTS) is 1. The molecular formula is C12H16O4. The zero-order valence-electron chi connectivity index (χ0n) is 9.74. The monoisotopic (exact) mass is 224 g/mol. The van der Waals surface area contributed by atoms with E-state index in [9.17, 15) is 4.79 Å². The summed E-state index contributed by atoms with van der Waals surface area (Å²) in [6.07, 6.45) is 0.746. The minimum Gasteiger partial charge on any atom is -0.496 e. The van der Waals surface area contributed by atoms with Gasteiger partial charge in [-0.2, -0.15) is 0 Å². The molecule has 0 heterocycles. The van der Waals surface area contributed by atoms with Crippen molar-refractivity contribution < 1.29 is 19.4 Å². The number of carboxylic acids is 1. The predicted octanol–water partition coefficient (Wildman–Crippen LogP) is 1.89. The zero-order valence-corrected chi connectivity index (χ0v) is 9.74. The summed E-state index contributed by atoms with van der Waals surface area (Å²) in [6.45, 7) is 2.00. The fourth-order valence-electron chi connectivity index (χ4n) is 1.66. The molecular weight excluding hydrogens is 208 g/mol. The summed E-state index contributed by atoms with van der Waals surface area (Å²) in [6, 6.07) is 3.49. The van der Waals surface area contributed by atoms with Crippen LogP contribution in [0, 0.1) is 0 Å². The number of ether oxygens (including phenoxy) is 2. The minimum atomic E-state index is -0.867. The van der Waals surface area contributed by atoms with E-state index in [0.717, 1.165) is 12.0 Å². The van der Waals surface area contributed by atoms with Gasteiger partial charge in [0.15, 0.2) is 0 Å². The van der Waals surface area contributed by atoms with Crippen LogP contribution in [0.4, 0.5) is 0 Å². The van der Waals surface area contributed by atoms with Crippen molar-refractivity contribution >= 4 is 5.97 Å². The van der Waals surface area contributed by atoms with Gasteiger partial charge in [0.05, 0.1) is 20.6 Å². The van der Waals surface area contributed by atoms with Crippen molar-refractivity contribution in [1.29, 1.82) is 0 Å². The highest BCUT2D eigenvalue weighted by molar-refractivity contribution is 5.71. The number of benzene rings is 1. The standard InChI is InChI=1S/C12H16O4/c1-4-9-10(15-2)5-8(7-12(13)14)6-11(9)16-3/h5-6H,4,7H2,1-3H3,(H,13,14). The van der Waals surface area contributed by atoms with Crippen molar-refractivity contribution in [3.63, 3.8) is 0 Å². The Kier molecular flexibility index (Phi) is 4.17. The molecule has 0 atom stereocenters. The smallest absolute Gasteiger partial charge is 0.307 e. The van der Waals surface area contributed by atoms with E-state index in [2.05, 4.69) is 0 Å². The van der Waals surface area contributed by atoms with Gasteiger partial charge in [-0.1, -0.05) is 6.92 Å². The van der Waals surface area contributed by atoms with Crippen molar-refractivity contribution in [1.82, 2.24) is 0 Å². The Morgan fingerprint density at radius 2 is 1.75 bits per heavy atom. The second-order valence-corrected chi connectivity index (χ2v) is 3.40. The molecule has 1 N–H and O–H groups in total. The Labute approximate surface area is 94.8 Å². The molecule has 0 aromatic heterocycles. The van der Waals surface area contributed by atoms with Crippen LogP contribution in [-0.4, -0.2) is 25.3 Å². The minimum absolute atomic E-state index is 0.0310. The average Bonchev–Trinajstić information content (AvgIpc) is 2.26. The fourth-order valence-corrected chi connectivity index (χ4v) is 1.66. The van der Waals surface area contributed by atoms with Crippen LogP contribution in [0.5, 0.6) is 11.5 Å². The third-order valence-electron chi connectivity index (χ3n) is 2.38. The van der Waals surface area contributed by atoms with Gasteiger partial charge < -0.3 is 14.6 Å². The van der Waals surface area contributed by atoms with Crippen LogP contribution in [0.2, 0.25) is 0 Å². The molecule has 4 heteroatoms. The number of aliphatic carboxylic acids is 1. The second kappa shape index (κ2) is 5.39. The lowest BCUT2D eigenvalue weighted by Gasteiger charge is -2.13. The molecule has 0 aliphatic rings. The van der Waals surface area contributed by atoms with Gasteiger partial charge in [-0.05, 0) is 24.1 Å². The van der Waals surface area contributed by atoms with Crippen LogP contribution < -0.4 is 9.47 Å². The molecule has 0 saturated heterocycles. The predicted molar refractivity (Wildman–Crippen MR) is 60.3 cm³/mol. The molecule has 0 fully saturated rings. The summed E-state index contributed by atoms with van der Waals surface area (Å²) in [7, 11) is 3.14. The highest BCUT2D eigenvalue weighted by Gasteiger charge is 2.12. The Balaban J connectivity index is 3.20. The molecule has 16 heavy (non-hydrogen) atoms. The number of hydrogen-bond donors (Lipinski definition) is 1. The lowest BCUT2D eigenvalue weighted by molar-refractivity contribution is -0.136. The molecule has 1 aromatic carbocycles. The Bertz CT molecular complexity index is 360. The summed E-state index contributed by atoms with van der Waals surface area (Å²) in [5.41, 5.74) is 1.64. The summed E-state index contributed by atoms with van der Waals surface area (Å²) >= 11 is 0. The highest BCUT2D eigenvalue weighted by atomic mass is 16.5. The van der Waals surface area contributed by atoms with Crippen LogP contribution in [0.3, 0.4) is 0 Å². The Morgan fingerprint density at radius 1 is 1.25 bits per heavy atom. The first-order chi connectivity index (χ1) is 7.62.